The topological polar surface area (TPSA) is 29.3 Å². The van der Waals surface area contributed by atoms with Gasteiger partial charge in [-0.25, -0.2) is 0 Å². The van der Waals surface area contributed by atoms with Crippen molar-refractivity contribution in [1.29, 1.82) is 0 Å². The molecule has 0 spiro atoms. The third-order valence-electron chi connectivity index (χ3n) is 2.79. The van der Waals surface area contributed by atoms with Gasteiger partial charge < -0.3 is 10.6 Å². The number of nitrogens with zero attached hydrogens (tertiary/aromatic N) is 1. The van der Waals surface area contributed by atoms with Gasteiger partial charge in [0, 0.05) is 12.6 Å². The molecule has 0 radical (unpaired) electrons. The van der Waals surface area contributed by atoms with Gasteiger partial charge in [-0.05, 0) is 31.6 Å². The summed E-state index contributed by atoms with van der Waals surface area (Å²) in [5, 5.41) is 0. The van der Waals surface area contributed by atoms with Crippen molar-refractivity contribution in [2.24, 2.45) is 5.73 Å². The van der Waals surface area contributed by atoms with Crippen LogP contribution in [0.4, 0.5) is 0 Å². The molecule has 0 aromatic heterocycles. The van der Waals surface area contributed by atoms with E-state index in [4.69, 9.17) is 5.73 Å². The molecule has 1 aromatic rings. The fourth-order valence-electron chi connectivity index (χ4n) is 1.87. The predicted octanol–water partition coefficient (Wildman–Crippen LogP) is 2.55. The monoisotopic (exact) mass is 206 g/mol. The zero-order chi connectivity index (χ0) is 11.3. The Bertz CT molecular complexity index is 277. The fourth-order valence-corrected chi connectivity index (χ4v) is 1.87. The Morgan fingerprint density at radius 3 is 2.20 bits per heavy atom. The quantitative estimate of drug-likeness (QED) is 0.802. The second-order valence-electron chi connectivity index (χ2n) is 4.21. The highest BCUT2D eigenvalue weighted by Crippen LogP contribution is 2.23. The molecule has 2 nitrogen and oxygen atoms in total. The van der Waals surface area contributed by atoms with Crippen LogP contribution in [0.25, 0.3) is 0 Å². The van der Waals surface area contributed by atoms with E-state index in [1.54, 1.807) is 0 Å². The van der Waals surface area contributed by atoms with Crippen LogP contribution in [0.1, 0.15) is 36.9 Å². The third-order valence-corrected chi connectivity index (χ3v) is 2.79. The second-order valence-corrected chi connectivity index (χ2v) is 4.21. The number of rotatable bonds is 5. The Morgan fingerprint density at radius 2 is 1.80 bits per heavy atom. The molecule has 0 fully saturated rings. The summed E-state index contributed by atoms with van der Waals surface area (Å²) in [6, 6.07) is 9.18. The lowest BCUT2D eigenvalue weighted by Gasteiger charge is -2.24. The van der Waals surface area contributed by atoms with E-state index >= 15 is 0 Å². The van der Waals surface area contributed by atoms with Gasteiger partial charge in [0.2, 0.25) is 0 Å². The maximum Gasteiger partial charge on any atom is 0.0341 e. The minimum Gasteiger partial charge on any atom is -0.326 e. The predicted molar refractivity (Wildman–Crippen MR) is 65.7 cm³/mol. The van der Waals surface area contributed by atoms with E-state index in [-0.39, 0.29) is 0 Å². The molecule has 2 N–H and O–H groups in total. The van der Waals surface area contributed by atoms with Crippen molar-refractivity contribution >= 4 is 0 Å². The van der Waals surface area contributed by atoms with E-state index in [0.717, 1.165) is 0 Å². The summed E-state index contributed by atoms with van der Waals surface area (Å²) in [5.41, 5.74) is 8.17. The van der Waals surface area contributed by atoms with E-state index < -0.39 is 0 Å². The van der Waals surface area contributed by atoms with Gasteiger partial charge in [0.1, 0.15) is 0 Å². The van der Waals surface area contributed by atoms with E-state index in [2.05, 4.69) is 50.2 Å². The maximum absolute atomic E-state index is 5.58. The Labute approximate surface area is 93.1 Å². The summed E-state index contributed by atoms with van der Waals surface area (Å²) in [5.74, 6) is 0. The fraction of sp³-hybridized carbons (Fsp3) is 0.538. The summed E-state index contributed by atoms with van der Waals surface area (Å²) in [6.07, 6.45) is 2.41. The molecule has 0 aliphatic heterocycles. The number of hydrogen-bond acceptors (Lipinski definition) is 2. The lowest BCUT2D eigenvalue weighted by atomic mass is 10.00. The molecule has 1 atom stereocenters. The maximum atomic E-state index is 5.58. The summed E-state index contributed by atoms with van der Waals surface area (Å²) in [6.45, 7) is 2.85. The molecule has 2 heteroatoms. The summed E-state index contributed by atoms with van der Waals surface area (Å²) in [4.78, 5) is 2.28. The minimum absolute atomic E-state index is 0.529. The molecule has 0 aliphatic carbocycles. The zero-order valence-electron chi connectivity index (χ0n) is 10.0. The molecule has 1 unspecified atom stereocenters. The molecular formula is C13H22N2. The normalized spacial score (nSPS) is 13.1. The Balaban J connectivity index is 2.81. The molecule has 0 heterocycles. The number of hydrogen-bond donors (Lipinski definition) is 1. The third kappa shape index (κ3) is 3.33. The summed E-state index contributed by atoms with van der Waals surface area (Å²) < 4.78 is 0. The molecule has 0 amide bonds. The second kappa shape index (κ2) is 5.89. The van der Waals surface area contributed by atoms with Crippen LogP contribution in [0.15, 0.2) is 24.3 Å². The molecule has 0 saturated heterocycles. The summed E-state index contributed by atoms with van der Waals surface area (Å²) in [7, 11) is 4.27. The van der Waals surface area contributed by atoms with E-state index in [9.17, 15) is 0 Å². The van der Waals surface area contributed by atoms with Crippen molar-refractivity contribution in [1.82, 2.24) is 4.90 Å². The first kappa shape index (κ1) is 12.2. The first-order valence-electron chi connectivity index (χ1n) is 5.64. The van der Waals surface area contributed by atoms with Crippen molar-refractivity contribution in [2.75, 3.05) is 14.1 Å². The van der Waals surface area contributed by atoms with Crippen LogP contribution in [-0.2, 0) is 6.54 Å². The van der Waals surface area contributed by atoms with Gasteiger partial charge in [0.05, 0.1) is 0 Å². The van der Waals surface area contributed by atoms with Gasteiger partial charge in [0.25, 0.3) is 0 Å². The van der Waals surface area contributed by atoms with E-state index in [0.29, 0.717) is 12.6 Å². The number of nitrogens with two attached hydrogens (primary N) is 1. The highest BCUT2D eigenvalue weighted by Gasteiger charge is 2.12. The average molecular weight is 206 g/mol. The molecular weight excluding hydrogens is 184 g/mol. The zero-order valence-corrected chi connectivity index (χ0v) is 10.0. The van der Waals surface area contributed by atoms with Gasteiger partial charge >= 0.3 is 0 Å². The molecule has 84 valence electrons. The van der Waals surface area contributed by atoms with Crippen LogP contribution in [-0.4, -0.2) is 19.0 Å². The Hall–Kier alpha value is -0.860. The van der Waals surface area contributed by atoms with Crippen molar-refractivity contribution in [3.63, 3.8) is 0 Å². The van der Waals surface area contributed by atoms with Gasteiger partial charge in [-0.1, -0.05) is 37.6 Å². The Morgan fingerprint density at radius 1 is 1.20 bits per heavy atom. The van der Waals surface area contributed by atoms with E-state index in [1.807, 2.05) is 0 Å². The van der Waals surface area contributed by atoms with Crippen LogP contribution in [0, 0.1) is 0 Å². The SMILES string of the molecule is CCCC(c1ccc(CN)cc1)N(C)C. The molecule has 0 aliphatic rings. The van der Waals surface area contributed by atoms with Gasteiger partial charge in [-0.2, -0.15) is 0 Å². The first-order valence-corrected chi connectivity index (χ1v) is 5.64. The van der Waals surface area contributed by atoms with Crippen LogP contribution in [0.3, 0.4) is 0 Å². The van der Waals surface area contributed by atoms with Crippen LogP contribution < -0.4 is 5.73 Å². The van der Waals surface area contributed by atoms with Gasteiger partial charge in [-0.15, -0.1) is 0 Å². The van der Waals surface area contributed by atoms with Crippen molar-refractivity contribution in [2.45, 2.75) is 32.4 Å². The minimum atomic E-state index is 0.529. The van der Waals surface area contributed by atoms with Crippen LogP contribution in [0.2, 0.25) is 0 Å². The Kier molecular flexibility index (Phi) is 4.79. The van der Waals surface area contributed by atoms with Crippen molar-refractivity contribution < 1.29 is 0 Å². The van der Waals surface area contributed by atoms with Crippen LogP contribution in [0.5, 0.6) is 0 Å². The standard InChI is InChI=1S/C13H22N2/c1-4-5-13(15(2)3)12-8-6-11(10-14)7-9-12/h6-9,13H,4-5,10,14H2,1-3H3. The first-order chi connectivity index (χ1) is 7.19. The average Bonchev–Trinajstić information content (AvgIpc) is 2.26. The smallest absolute Gasteiger partial charge is 0.0341 e. The largest absolute Gasteiger partial charge is 0.326 e. The van der Waals surface area contributed by atoms with E-state index in [1.165, 1.54) is 24.0 Å². The molecule has 1 aromatic carbocycles. The van der Waals surface area contributed by atoms with Crippen molar-refractivity contribution in [3.05, 3.63) is 35.4 Å². The van der Waals surface area contributed by atoms with Gasteiger partial charge in [-0.3, -0.25) is 0 Å². The number of benzene rings is 1. The molecule has 0 saturated carbocycles. The molecule has 0 bridgehead atoms. The molecule has 15 heavy (non-hydrogen) atoms. The lowest BCUT2D eigenvalue weighted by molar-refractivity contribution is 0.282. The lowest BCUT2D eigenvalue weighted by Crippen LogP contribution is -2.19. The highest BCUT2D eigenvalue weighted by atomic mass is 15.1. The van der Waals surface area contributed by atoms with Crippen LogP contribution >= 0.6 is 0 Å². The highest BCUT2D eigenvalue weighted by molar-refractivity contribution is 5.24. The summed E-state index contributed by atoms with van der Waals surface area (Å²) >= 11 is 0. The van der Waals surface area contributed by atoms with Gasteiger partial charge in [0.15, 0.2) is 0 Å². The van der Waals surface area contributed by atoms with Crippen molar-refractivity contribution in [3.8, 4) is 0 Å². The molecule has 1 rings (SSSR count).